The van der Waals surface area contributed by atoms with Crippen LogP contribution in [0.5, 0.6) is 0 Å². The highest BCUT2D eigenvalue weighted by Gasteiger charge is 2.11. The molecule has 0 aliphatic rings. The smallest absolute Gasteiger partial charge is 0.221 e. The Morgan fingerprint density at radius 1 is 1.18 bits per heavy atom. The zero-order valence-electron chi connectivity index (χ0n) is 8.72. The number of fused-ring (bicyclic) bond motifs is 1. The van der Waals surface area contributed by atoms with Crippen molar-refractivity contribution in [2.24, 2.45) is 0 Å². The average molecular weight is 229 g/mol. The Balaban J connectivity index is 2.38. The Kier molecular flexibility index (Phi) is 2.04. The molecule has 4 nitrogen and oxygen atoms in total. The van der Waals surface area contributed by atoms with Gasteiger partial charge in [-0.25, -0.2) is 14.4 Å². The molecule has 2 heterocycles. The molecule has 5 heteroatoms. The molecular weight excluding hydrogens is 221 g/mol. The summed E-state index contributed by atoms with van der Waals surface area (Å²) in [6.07, 6.45) is 1.54. The molecule has 0 radical (unpaired) electrons. The fourth-order valence-electron chi connectivity index (χ4n) is 1.72. The molecule has 0 aliphatic carbocycles. The van der Waals surface area contributed by atoms with Crippen molar-refractivity contribution in [1.82, 2.24) is 9.97 Å². The summed E-state index contributed by atoms with van der Waals surface area (Å²) in [4.78, 5) is 8.12. The normalized spacial score (nSPS) is 10.9. The summed E-state index contributed by atoms with van der Waals surface area (Å²) in [5, 5.41) is 0.704. The molecule has 3 aromatic rings. The molecule has 0 aliphatic heterocycles. The summed E-state index contributed by atoms with van der Waals surface area (Å²) in [5.41, 5.74) is 6.62. The van der Waals surface area contributed by atoms with Gasteiger partial charge in [0.1, 0.15) is 11.5 Å². The SMILES string of the molecule is Nc1nc(-c2ccco2)c2ccc(F)cc2n1. The molecule has 2 N–H and O–H groups in total. The summed E-state index contributed by atoms with van der Waals surface area (Å²) < 4.78 is 18.4. The van der Waals surface area contributed by atoms with E-state index in [9.17, 15) is 4.39 Å². The van der Waals surface area contributed by atoms with Crippen LogP contribution in [-0.2, 0) is 0 Å². The number of rotatable bonds is 1. The van der Waals surface area contributed by atoms with E-state index in [1.807, 2.05) is 0 Å². The zero-order valence-corrected chi connectivity index (χ0v) is 8.72. The second-order valence-electron chi connectivity index (χ2n) is 3.57. The Morgan fingerprint density at radius 3 is 2.82 bits per heavy atom. The average Bonchev–Trinajstić information content (AvgIpc) is 2.80. The number of benzene rings is 1. The van der Waals surface area contributed by atoms with Crippen LogP contribution in [0.2, 0.25) is 0 Å². The molecule has 0 saturated carbocycles. The van der Waals surface area contributed by atoms with Gasteiger partial charge in [0.15, 0.2) is 5.76 Å². The van der Waals surface area contributed by atoms with E-state index < -0.39 is 0 Å². The van der Waals surface area contributed by atoms with Gasteiger partial charge in [0.25, 0.3) is 0 Å². The van der Waals surface area contributed by atoms with Crippen LogP contribution in [0.3, 0.4) is 0 Å². The van der Waals surface area contributed by atoms with E-state index >= 15 is 0 Å². The molecule has 0 bridgehead atoms. The number of hydrogen-bond acceptors (Lipinski definition) is 4. The van der Waals surface area contributed by atoms with E-state index in [1.165, 1.54) is 12.1 Å². The van der Waals surface area contributed by atoms with Crippen LogP contribution < -0.4 is 5.73 Å². The van der Waals surface area contributed by atoms with Crippen LogP contribution in [-0.4, -0.2) is 9.97 Å². The quantitative estimate of drug-likeness (QED) is 0.696. The standard InChI is InChI=1S/C12H8FN3O/c13-7-3-4-8-9(6-7)15-12(14)16-11(8)10-2-1-5-17-10/h1-6H,(H2,14,15,16). The van der Waals surface area contributed by atoms with Crippen molar-refractivity contribution in [2.75, 3.05) is 5.73 Å². The van der Waals surface area contributed by atoms with Crippen molar-refractivity contribution in [1.29, 1.82) is 0 Å². The number of nitrogens with two attached hydrogens (primary N) is 1. The van der Waals surface area contributed by atoms with Crippen molar-refractivity contribution < 1.29 is 8.81 Å². The maximum absolute atomic E-state index is 13.1. The van der Waals surface area contributed by atoms with Gasteiger partial charge in [0.2, 0.25) is 5.95 Å². The van der Waals surface area contributed by atoms with Crippen molar-refractivity contribution in [3.63, 3.8) is 0 Å². The van der Waals surface area contributed by atoms with E-state index in [2.05, 4.69) is 9.97 Å². The summed E-state index contributed by atoms with van der Waals surface area (Å²) >= 11 is 0. The number of anilines is 1. The number of hydrogen-bond donors (Lipinski definition) is 1. The molecule has 3 rings (SSSR count). The van der Waals surface area contributed by atoms with Gasteiger partial charge in [-0.1, -0.05) is 0 Å². The molecule has 84 valence electrons. The molecule has 0 fully saturated rings. The summed E-state index contributed by atoms with van der Waals surface area (Å²) in [6.45, 7) is 0. The molecule has 17 heavy (non-hydrogen) atoms. The number of nitrogen functional groups attached to an aromatic ring is 1. The van der Waals surface area contributed by atoms with Gasteiger partial charge >= 0.3 is 0 Å². The van der Waals surface area contributed by atoms with Gasteiger partial charge < -0.3 is 10.2 Å². The predicted molar refractivity (Wildman–Crippen MR) is 61.6 cm³/mol. The Morgan fingerprint density at radius 2 is 2.06 bits per heavy atom. The van der Waals surface area contributed by atoms with E-state index in [4.69, 9.17) is 10.2 Å². The highest BCUT2D eigenvalue weighted by atomic mass is 19.1. The lowest BCUT2D eigenvalue weighted by Gasteiger charge is -2.04. The Hall–Kier alpha value is -2.43. The molecule has 0 spiro atoms. The van der Waals surface area contributed by atoms with Crippen LogP contribution in [0.4, 0.5) is 10.3 Å². The maximum Gasteiger partial charge on any atom is 0.221 e. The van der Waals surface area contributed by atoms with Crippen LogP contribution in [0.25, 0.3) is 22.4 Å². The third kappa shape index (κ3) is 1.61. The van der Waals surface area contributed by atoms with E-state index in [0.29, 0.717) is 22.4 Å². The molecule has 0 atom stereocenters. The van der Waals surface area contributed by atoms with Crippen molar-refractivity contribution in [2.45, 2.75) is 0 Å². The second-order valence-corrected chi connectivity index (χ2v) is 3.57. The van der Waals surface area contributed by atoms with Crippen LogP contribution in [0.15, 0.2) is 41.0 Å². The minimum atomic E-state index is -0.360. The number of halogens is 1. The van der Waals surface area contributed by atoms with E-state index in [0.717, 1.165) is 0 Å². The maximum atomic E-state index is 13.1. The largest absolute Gasteiger partial charge is 0.463 e. The minimum Gasteiger partial charge on any atom is -0.463 e. The molecule has 0 amide bonds. The third-order valence-corrected chi connectivity index (χ3v) is 2.43. The molecule has 2 aromatic heterocycles. The summed E-state index contributed by atoms with van der Waals surface area (Å²) in [6, 6.07) is 7.81. The fourth-order valence-corrected chi connectivity index (χ4v) is 1.72. The third-order valence-electron chi connectivity index (χ3n) is 2.43. The molecule has 0 saturated heterocycles. The summed E-state index contributed by atoms with van der Waals surface area (Å²) in [5.74, 6) is 0.311. The molecular formula is C12H8FN3O. The highest BCUT2D eigenvalue weighted by molar-refractivity contribution is 5.91. The first-order valence-corrected chi connectivity index (χ1v) is 5.01. The number of nitrogens with zero attached hydrogens (tertiary/aromatic N) is 2. The topological polar surface area (TPSA) is 64.9 Å². The lowest BCUT2D eigenvalue weighted by atomic mass is 10.1. The molecule has 1 aromatic carbocycles. The van der Waals surface area contributed by atoms with Crippen molar-refractivity contribution in [3.8, 4) is 11.5 Å². The fraction of sp³-hybridized carbons (Fsp3) is 0. The first-order chi connectivity index (χ1) is 8.24. The first kappa shape index (κ1) is 9.77. The predicted octanol–water partition coefficient (Wildman–Crippen LogP) is 2.61. The van der Waals surface area contributed by atoms with Crippen LogP contribution >= 0.6 is 0 Å². The zero-order chi connectivity index (χ0) is 11.8. The first-order valence-electron chi connectivity index (χ1n) is 5.01. The van der Waals surface area contributed by atoms with Gasteiger partial charge in [-0.15, -0.1) is 0 Å². The molecule has 0 unspecified atom stereocenters. The van der Waals surface area contributed by atoms with Crippen molar-refractivity contribution in [3.05, 3.63) is 42.4 Å². The minimum absolute atomic E-state index is 0.0921. The lowest BCUT2D eigenvalue weighted by Crippen LogP contribution is -1.98. The van der Waals surface area contributed by atoms with Crippen molar-refractivity contribution >= 4 is 16.9 Å². The van der Waals surface area contributed by atoms with Crippen LogP contribution in [0, 0.1) is 5.82 Å². The van der Waals surface area contributed by atoms with Gasteiger partial charge in [0, 0.05) is 11.5 Å². The summed E-state index contributed by atoms with van der Waals surface area (Å²) in [7, 11) is 0. The Labute approximate surface area is 95.9 Å². The van der Waals surface area contributed by atoms with E-state index in [1.54, 1.807) is 24.5 Å². The lowest BCUT2D eigenvalue weighted by molar-refractivity contribution is 0.580. The second kappa shape index (κ2) is 3.55. The Bertz CT molecular complexity index is 674. The van der Waals surface area contributed by atoms with E-state index in [-0.39, 0.29) is 11.8 Å². The van der Waals surface area contributed by atoms with Gasteiger partial charge in [-0.05, 0) is 24.3 Å². The van der Waals surface area contributed by atoms with Crippen LogP contribution in [0.1, 0.15) is 0 Å². The van der Waals surface area contributed by atoms with Gasteiger partial charge in [0.05, 0.1) is 11.8 Å². The number of aromatic nitrogens is 2. The highest BCUT2D eigenvalue weighted by Crippen LogP contribution is 2.27. The number of furan rings is 1. The monoisotopic (exact) mass is 229 g/mol. The van der Waals surface area contributed by atoms with Gasteiger partial charge in [-0.3, -0.25) is 0 Å². The van der Waals surface area contributed by atoms with Gasteiger partial charge in [-0.2, -0.15) is 0 Å².